The van der Waals surface area contributed by atoms with E-state index in [2.05, 4.69) is 0 Å². The van der Waals surface area contributed by atoms with Crippen molar-refractivity contribution >= 4 is 56.1 Å². The van der Waals surface area contributed by atoms with E-state index in [1.807, 2.05) is 0 Å². The van der Waals surface area contributed by atoms with Crippen molar-refractivity contribution in [1.82, 2.24) is 0 Å². The maximum absolute atomic E-state index is 10.2. The summed E-state index contributed by atoms with van der Waals surface area (Å²) in [7, 11) is -9.88. The van der Waals surface area contributed by atoms with Gasteiger partial charge in [-0.2, -0.15) is 16.8 Å². The predicted octanol–water partition coefficient (Wildman–Crippen LogP) is -7.80. The van der Waals surface area contributed by atoms with E-state index < -0.39 is 79.4 Å². The molecule has 0 aliphatic carbocycles. The van der Waals surface area contributed by atoms with Gasteiger partial charge >= 0.3 is 38.1 Å². The van der Waals surface area contributed by atoms with Crippen LogP contribution < -0.4 is 20.4 Å². The minimum Gasteiger partial charge on any atom is -0.550 e. The van der Waals surface area contributed by atoms with Crippen LogP contribution >= 0.6 is 0 Å². The molecule has 0 aliphatic rings. The number of carboxylic acids is 6. The van der Waals surface area contributed by atoms with Crippen LogP contribution in [0.25, 0.3) is 0 Å². The average molecular weight is 602 g/mol. The summed E-state index contributed by atoms with van der Waals surface area (Å²) in [6.07, 6.45) is -3.26. The molecule has 0 radical (unpaired) electrons. The monoisotopic (exact) mass is 600 g/mol. The van der Waals surface area contributed by atoms with E-state index in [4.69, 9.17) is 19.3 Å². The molecule has 0 aromatic rings. The average Bonchev–Trinajstić information content (AvgIpc) is 2.54. The van der Waals surface area contributed by atoms with Crippen LogP contribution in [-0.4, -0.2) is 82.5 Å². The van der Waals surface area contributed by atoms with Gasteiger partial charge in [0, 0.05) is 24.8 Å². The quantitative estimate of drug-likeness (QED) is 0.160. The molecule has 0 heterocycles. The Bertz CT molecular complexity index is 844. The number of aliphatic carboxylic acids is 6. The fourth-order valence-electron chi connectivity index (χ4n) is 1.14. The second kappa shape index (κ2) is 17.1. The van der Waals surface area contributed by atoms with Gasteiger partial charge in [0.05, 0.1) is 24.8 Å². The topological polar surface area (TPSA) is 344 Å². The van der Waals surface area contributed by atoms with Crippen LogP contribution in [0.2, 0.25) is 0 Å². The van der Waals surface area contributed by atoms with Crippen molar-refractivity contribution in [2.24, 2.45) is 0 Å². The number of rotatable bonds is 11. The Kier molecular flexibility index (Phi) is 19.6. The van der Waals surface area contributed by atoms with Gasteiger partial charge < -0.3 is 49.8 Å². The predicted molar refractivity (Wildman–Crippen MR) is 84.4 cm³/mol. The Morgan fingerprint density at radius 2 is 0.818 bits per heavy atom. The smallest absolute Gasteiger partial charge is 0.550 e. The van der Waals surface area contributed by atoms with Crippen LogP contribution in [0.3, 0.4) is 0 Å². The summed E-state index contributed by atoms with van der Waals surface area (Å²) >= 11 is 0. The summed E-state index contributed by atoms with van der Waals surface area (Å²) < 4.78 is 56.9. The summed E-state index contributed by atoms with van der Waals surface area (Å²) in [5.74, 6) is -10.3. The van der Waals surface area contributed by atoms with Crippen molar-refractivity contribution in [3.63, 3.8) is 0 Å². The Hall–Kier alpha value is -2.48. The van der Waals surface area contributed by atoms with Crippen LogP contribution in [-0.2, 0) is 75.2 Å². The molecule has 2 atom stereocenters. The maximum Gasteiger partial charge on any atom is 4.00 e. The Balaban J connectivity index is -0.000000193. The molecule has 186 valence electrons. The summed E-state index contributed by atoms with van der Waals surface area (Å²) in [5.41, 5.74) is 0. The third-order valence-corrected chi connectivity index (χ3v) is 4.66. The summed E-state index contributed by atoms with van der Waals surface area (Å²) in [5, 5.41) is 50.3. The molecule has 0 bridgehead atoms. The molecule has 0 fully saturated rings. The van der Waals surface area contributed by atoms with Gasteiger partial charge in [0.15, 0.2) is 0 Å². The van der Waals surface area contributed by atoms with E-state index in [9.17, 15) is 66.0 Å². The molecule has 33 heavy (non-hydrogen) atoms. The largest absolute Gasteiger partial charge is 4.00 e. The van der Waals surface area contributed by atoms with Gasteiger partial charge in [-0.15, -0.1) is 0 Å². The number of carbonyl (C=O) groups is 6. The fraction of sp³-hybridized carbons (Fsp3) is 0.500. The molecule has 0 rings (SSSR count). The van der Waals surface area contributed by atoms with Crippen molar-refractivity contribution in [2.45, 2.75) is 36.2 Å². The van der Waals surface area contributed by atoms with Gasteiger partial charge in [0.1, 0.15) is 10.5 Å². The van der Waals surface area contributed by atoms with Crippen LogP contribution in [0.15, 0.2) is 0 Å². The molecule has 0 aromatic carbocycles. The van der Waals surface area contributed by atoms with Crippen molar-refractivity contribution in [2.75, 3.05) is 0 Å². The van der Waals surface area contributed by atoms with Crippen LogP contribution in [0.4, 0.5) is 0 Å². The number of hydrogen-bond donors (Lipinski definition) is 4. The van der Waals surface area contributed by atoms with Gasteiger partial charge in [0.2, 0.25) is 0 Å². The van der Waals surface area contributed by atoms with Gasteiger partial charge in [-0.05, 0) is 0 Å². The zero-order valence-corrected chi connectivity index (χ0v) is 19.9. The summed E-state index contributed by atoms with van der Waals surface area (Å²) in [4.78, 5) is 58.7. The van der Waals surface area contributed by atoms with E-state index in [1.165, 1.54) is 0 Å². The van der Waals surface area contributed by atoms with Crippen molar-refractivity contribution in [1.29, 1.82) is 0 Å². The first-order chi connectivity index (χ1) is 14.1. The SMILES string of the molecule is O=C(O)CCC(=O)O.O=C([O-])CC(C(=O)[O-])S(=O)(=O)O.O=C([O-])CC(C(=O)[O-])S(=O)(=O)O.[Zr+4]. The number of hydrogen-bond acceptors (Lipinski definition) is 14. The minimum atomic E-state index is -4.94. The molecule has 18 nitrogen and oxygen atoms in total. The minimum absolute atomic E-state index is 0. The van der Waals surface area contributed by atoms with Crippen LogP contribution in [0.1, 0.15) is 25.7 Å². The van der Waals surface area contributed by atoms with Crippen molar-refractivity contribution in [3.05, 3.63) is 0 Å². The van der Waals surface area contributed by atoms with E-state index in [0.29, 0.717) is 0 Å². The van der Waals surface area contributed by atoms with E-state index in [1.54, 1.807) is 0 Å². The summed E-state index contributed by atoms with van der Waals surface area (Å²) in [6, 6.07) is 0. The Labute approximate surface area is 203 Å². The first-order valence-corrected chi connectivity index (χ1v) is 10.3. The van der Waals surface area contributed by atoms with Crippen LogP contribution in [0.5, 0.6) is 0 Å². The Morgan fingerprint density at radius 1 is 0.606 bits per heavy atom. The molecule has 2 unspecified atom stereocenters. The van der Waals surface area contributed by atoms with Gasteiger partial charge in [-0.25, -0.2) is 0 Å². The van der Waals surface area contributed by atoms with E-state index in [-0.39, 0.29) is 39.0 Å². The van der Waals surface area contributed by atoms with E-state index >= 15 is 0 Å². The third-order valence-electron chi connectivity index (χ3n) is 2.50. The van der Waals surface area contributed by atoms with E-state index in [0.717, 1.165) is 0 Å². The molecular weight excluding hydrogens is 587 g/mol. The van der Waals surface area contributed by atoms with Crippen LogP contribution in [0, 0.1) is 0 Å². The normalized spacial score (nSPS) is 12.1. The molecule has 0 aliphatic heterocycles. The van der Waals surface area contributed by atoms with Gasteiger partial charge in [0.25, 0.3) is 20.2 Å². The summed E-state index contributed by atoms with van der Waals surface area (Å²) in [6.45, 7) is 0. The Morgan fingerprint density at radius 3 is 0.879 bits per heavy atom. The molecule has 0 saturated heterocycles. The van der Waals surface area contributed by atoms with Crippen molar-refractivity contribution < 1.29 is 112 Å². The van der Waals surface area contributed by atoms with Gasteiger partial charge in [-0.3, -0.25) is 18.7 Å². The molecule has 0 spiro atoms. The first kappa shape index (κ1) is 37.8. The third kappa shape index (κ3) is 24.0. The standard InChI is InChI=1S/2C4H6O7S.C4H6O4.Zr/c2*5-3(6)1-2(4(7)8)12(9,10)11;5-3(6)1-2-4(7)8;/h2*2H,1H2,(H,5,6)(H,7,8)(H,9,10,11);1-2H2,(H,5,6)(H,7,8);/q;;;+4/p-4. The first-order valence-electron chi connectivity index (χ1n) is 7.30. The number of carboxylic acid groups (broad SMARTS) is 6. The number of carbonyl (C=O) groups excluding carboxylic acids is 4. The molecular formula is C12H14O18S2Zr. The zero-order chi connectivity index (χ0) is 26.4. The second-order valence-corrected chi connectivity index (χ2v) is 8.28. The van der Waals surface area contributed by atoms with Crippen molar-refractivity contribution in [3.8, 4) is 0 Å². The zero-order valence-electron chi connectivity index (χ0n) is 15.8. The molecule has 0 amide bonds. The maximum atomic E-state index is 10.2. The molecule has 0 aromatic heterocycles. The van der Waals surface area contributed by atoms with Gasteiger partial charge in [-0.1, -0.05) is 0 Å². The molecule has 4 N–H and O–H groups in total. The fourth-order valence-corrected chi connectivity index (χ4v) is 2.32. The molecule has 21 heteroatoms. The second-order valence-electron chi connectivity index (χ2n) is 5.09. The molecule has 0 saturated carbocycles.